The SMILES string of the molecule is COc1cc2c(cc1OC)CN(CCOc1ccc(/C=C/C(=O)c3ccc(C)c(NC(=O)c4ccc5ccccc5n4)c3)cc1)CC2. The van der Waals surface area contributed by atoms with E-state index in [1.807, 2.05) is 67.6 Å². The largest absolute Gasteiger partial charge is 0.493 e. The molecule has 47 heavy (non-hydrogen) atoms. The summed E-state index contributed by atoms with van der Waals surface area (Å²) in [4.78, 5) is 32.9. The molecule has 0 unspecified atom stereocenters. The molecule has 2 heterocycles. The lowest BCUT2D eigenvalue weighted by atomic mass is 9.99. The number of methoxy groups -OCH3 is 2. The maximum absolute atomic E-state index is 13.0. The number of aromatic nitrogens is 1. The Kier molecular flexibility index (Phi) is 9.59. The number of anilines is 1. The number of ether oxygens (including phenoxy) is 3. The predicted molar refractivity (Wildman–Crippen MR) is 185 cm³/mol. The molecule has 0 saturated heterocycles. The zero-order valence-corrected chi connectivity index (χ0v) is 26.8. The molecular weight excluding hydrogens is 590 g/mol. The smallest absolute Gasteiger partial charge is 0.274 e. The van der Waals surface area contributed by atoms with Gasteiger partial charge < -0.3 is 19.5 Å². The zero-order valence-electron chi connectivity index (χ0n) is 26.8. The van der Waals surface area contributed by atoms with Gasteiger partial charge in [-0.05, 0) is 84.1 Å². The Bertz CT molecular complexity index is 1950. The lowest BCUT2D eigenvalue weighted by Crippen LogP contribution is -2.33. The second-order valence-electron chi connectivity index (χ2n) is 11.5. The molecule has 6 rings (SSSR count). The van der Waals surface area contributed by atoms with Gasteiger partial charge in [-0.2, -0.15) is 0 Å². The fourth-order valence-electron chi connectivity index (χ4n) is 5.66. The molecular formula is C39H37N3O5. The van der Waals surface area contributed by atoms with E-state index in [2.05, 4.69) is 27.3 Å². The van der Waals surface area contributed by atoms with Crippen molar-refractivity contribution in [2.24, 2.45) is 0 Å². The van der Waals surface area contributed by atoms with Gasteiger partial charge in [-0.15, -0.1) is 0 Å². The van der Waals surface area contributed by atoms with Gasteiger partial charge in [0.1, 0.15) is 18.1 Å². The van der Waals surface area contributed by atoms with Crippen molar-refractivity contribution >= 4 is 34.4 Å². The van der Waals surface area contributed by atoms with Crippen molar-refractivity contribution in [3.63, 3.8) is 0 Å². The van der Waals surface area contributed by atoms with Crippen LogP contribution in [0.3, 0.4) is 0 Å². The van der Waals surface area contributed by atoms with E-state index in [4.69, 9.17) is 14.2 Å². The molecule has 0 fully saturated rings. The maximum Gasteiger partial charge on any atom is 0.274 e. The molecule has 0 spiro atoms. The molecule has 1 amide bonds. The Morgan fingerprint density at radius 2 is 1.66 bits per heavy atom. The van der Waals surface area contributed by atoms with Crippen LogP contribution in [0, 0.1) is 6.92 Å². The topological polar surface area (TPSA) is 90.0 Å². The van der Waals surface area contributed by atoms with E-state index in [0.29, 0.717) is 23.6 Å². The molecule has 1 N–H and O–H groups in total. The number of nitrogens with zero attached hydrogens (tertiary/aromatic N) is 2. The molecule has 8 heteroatoms. The van der Waals surface area contributed by atoms with Gasteiger partial charge >= 0.3 is 0 Å². The summed E-state index contributed by atoms with van der Waals surface area (Å²) in [6.07, 6.45) is 4.27. The highest BCUT2D eigenvalue weighted by atomic mass is 16.5. The van der Waals surface area contributed by atoms with E-state index in [1.165, 1.54) is 17.2 Å². The highest BCUT2D eigenvalue weighted by molar-refractivity contribution is 6.09. The quantitative estimate of drug-likeness (QED) is 0.123. The Balaban J connectivity index is 1.01. The number of fused-ring (bicyclic) bond motifs is 2. The minimum absolute atomic E-state index is 0.163. The van der Waals surface area contributed by atoms with Crippen LogP contribution >= 0.6 is 0 Å². The van der Waals surface area contributed by atoms with Gasteiger partial charge in [0.05, 0.1) is 19.7 Å². The minimum Gasteiger partial charge on any atom is -0.493 e. The third kappa shape index (κ3) is 7.51. The summed E-state index contributed by atoms with van der Waals surface area (Å²) in [6, 6.07) is 28.3. The van der Waals surface area contributed by atoms with E-state index >= 15 is 0 Å². The summed E-state index contributed by atoms with van der Waals surface area (Å²) >= 11 is 0. The normalized spacial score (nSPS) is 12.9. The van der Waals surface area contributed by atoms with Crippen LogP contribution in [-0.2, 0) is 13.0 Å². The Morgan fingerprint density at radius 1 is 0.894 bits per heavy atom. The average Bonchev–Trinajstić information content (AvgIpc) is 3.11. The second-order valence-corrected chi connectivity index (χ2v) is 11.5. The lowest BCUT2D eigenvalue weighted by Gasteiger charge is -2.29. The number of hydrogen-bond acceptors (Lipinski definition) is 7. The van der Waals surface area contributed by atoms with Crippen LogP contribution in [0.4, 0.5) is 5.69 Å². The van der Waals surface area contributed by atoms with Gasteiger partial charge in [-0.25, -0.2) is 4.98 Å². The molecule has 0 atom stereocenters. The van der Waals surface area contributed by atoms with Crippen LogP contribution in [0.25, 0.3) is 17.0 Å². The number of rotatable bonds is 11. The van der Waals surface area contributed by atoms with Crippen molar-refractivity contribution in [1.82, 2.24) is 9.88 Å². The summed E-state index contributed by atoms with van der Waals surface area (Å²) in [5.74, 6) is 1.81. The molecule has 0 aliphatic carbocycles. The molecule has 1 aliphatic heterocycles. The number of benzene rings is 4. The second kappa shape index (κ2) is 14.3. The molecule has 1 aromatic heterocycles. The van der Waals surface area contributed by atoms with Gasteiger partial charge in [0.15, 0.2) is 17.3 Å². The van der Waals surface area contributed by atoms with Gasteiger partial charge in [-0.3, -0.25) is 14.5 Å². The highest BCUT2D eigenvalue weighted by Crippen LogP contribution is 2.33. The molecule has 0 bridgehead atoms. The van der Waals surface area contributed by atoms with Gasteiger partial charge in [0.25, 0.3) is 5.91 Å². The summed E-state index contributed by atoms with van der Waals surface area (Å²) in [5, 5.41) is 3.88. The molecule has 1 aliphatic rings. The number of carbonyl (C=O) groups excluding carboxylic acids is 2. The number of hydrogen-bond donors (Lipinski definition) is 1. The Morgan fingerprint density at radius 3 is 2.45 bits per heavy atom. The van der Waals surface area contributed by atoms with Crippen LogP contribution in [0.5, 0.6) is 17.2 Å². The highest BCUT2D eigenvalue weighted by Gasteiger charge is 2.19. The summed E-state index contributed by atoms with van der Waals surface area (Å²) in [5.41, 5.74) is 6.39. The molecule has 4 aromatic carbocycles. The van der Waals surface area contributed by atoms with Crippen molar-refractivity contribution in [2.75, 3.05) is 39.2 Å². The van der Waals surface area contributed by atoms with Crippen molar-refractivity contribution in [2.45, 2.75) is 19.9 Å². The number of nitrogens with one attached hydrogen (secondary N) is 1. The first-order chi connectivity index (χ1) is 22.9. The van der Waals surface area contributed by atoms with E-state index in [9.17, 15) is 9.59 Å². The fraction of sp³-hybridized carbons (Fsp3) is 0.205. The first kappa shape index (κ1) is 31.5. The van der Waals surface area contributed by atoms with Crippen LogP contribution in [0.15, 0.2) is 97.1 Å². The first-order valence-electron chi connectivity index (χ1n) is 15.6. The van der Waals surface area contributed by atoms with Crippen LogP contribution < -0.4 is 19.5 Å². The first-order valence-corrected chi connectivity index (χ1v) is 15.6. The van der Waals surface area contributed by atoms with Crippen molar-refractivity contribution in [3.8, 4) is 17.2 Å². The van der Waals surface area contributed by atoms with Gasteiger partial charge in [0.2, 0.25) is 0 Å². The van der Waals surface area contributed by atoms with E-state index < -0.39 is 0 Å². The number of allylic oxidation sites excluding steroid dienone is 1. The molecule has 8 nitrogen and oxygen atoms in total. The monoisotopic (exact) mass is 627 g/mol. The standard InChI is InChI=1S/C39H37N3O5/c1-26-8-12-30(22-35(26)41-39(44)34-16-13-28-6-4-5-7-33(28)40-34)36(43)17-11-27-9-14-32(15-10-27)47-21-20-42-19-18-29-23-37(45-2)38(46-3)24-31(29)25-42/h4-17,22-24H,18-21,25H2,1-3H3,(H,41,44)/b17-11+. The predicted octanol–water partition coefficient (Wildman–Crippen LogP) is 7.15. The van der Waals surface area contributed by atoms with E-state index in [1.54, 1.807) is 38.5 Å². The Hall–Kier alpha value is -5.47. The maximum atomic E-state index is 13.0. The van der Waals surface area contributed by atoms with Crippen LogP contribution in [-0.4, -0.2) is 55.5 Å². The molecule has 0 saturated carbocycles. The number of pyridine rings is 1. The summed E-state index contributed by atoms with van der Waals surface area (Å²) in [7, 11) is 3.32. The Labute approximate surface area is 274 Å². The number of ketones is 1. The summed E-state index contributed by atoms with van der Waals surface area (Å²) in [6.45, 7) is 5.06. The third-order valence-electron chi connectivity index (χ3n) is 8.38. The average molecular weight is 628 g/mol. The molecule has 238 valence electrons. The molecule has 5 aromatic rings. The van der Waals surface area contributed by atoms with Crippen LogP contribution in [0.1, 0.15) is 43.1 Å². The van der Waals surface area contributed by atoms with Crippen molar-refractivity contribution in [3.05, 3.63) is 131 Å². The number of para-hydroxylation sites is 1. The zero-order chi connectivity index (χ0) is 32.8. The molecule has 0 radical (unpaired) electrons. The van der Waals surface area contributed by atoms with Crippen molar-refractivity contribution < 1.29 is 23.8 Å². The third-order valence-corrected chi connectivity index (χ3v) is 8.38. The summed E-state index contributed by atoms with van der Waals surface area (Å²) < 4.78 is 16.9. The van der Waals surface area contributed by atoms with Crippen molar-refractivity contribution in [1.29, 1.82) is 0 Å². The fourth-order valence-corrected chi connectivity index (χ4v) is 5.66. The number of aryl methyl sites for hydroxylation is 1. The number of carbonyl (C=O) groups is 2. The van der Waals surface area contributed by atoms with Gasteiger partial charge in [0, 0.05) is 36.3 Å². The minimum atomic E-state index is -0.329. The lowest BCUT2D eigenvalue weighted by molar-refractivity contribution is 0.101. The van der Waals surface area contributed by atoms with E-state index in [0.717, 1.165) is 65.3 Å². The number of amides is 1. The van der Waals surface area contributed by atoms with E-state index in [-0.39, 0.29) is 11.7 Å². The van der Waals surface area contributed by atoms with Crippen LogP contribution in [0.2, 0.25) is 0 Å². The van der Waals surface area contributed by atoms with Gasteiger partial charge in [-0.1, -0.05) is 54.6 Å².